The Morgan fingerprint density at radius 2 is 2.00 bits per heavy atom. The van der Waals surface area contributed by atoms with Gasteiger partial charge in [0.1, 0.15) is 0 Å². The van der Waals surface area contributed by atoms with Crippen molar-refractivity contribution < 1.29 is 0 Å². The van der Waals surface area contributed by atoms with Crippen LogP contribution in [0.25, 0.3) is 10.9 Å². The van der Waals surface area contributed by atoms with Gasteiger partial charge in [-0.3, -0.25) is 0 Å². The van der Waals surface area contributed by atoms with E-state index in [0.29, 0.717) is 6.54 Å². The highest BCUT2D eigenvalue weighted by atomic mass is 15.0. The van der Waals surface area contributed by atoms with Crippen molar-refractivity contribution >= 4 is 10.9 Å². The van der Waals surface area contributed by atoms with Crippen LogP contribution in [0, 0.1) is 13.8 Å². The van der Waals surface area contributed by atoms with Crippen molar-refractivity contribution in [1.82, 2.24) is 4.57 Å². The second-order valence-electron chi connectivity index (χ2n) is 3.77. The molecule has 74 valence electrons. The van der Waals surface area contributed by atoms with Gasteiger partial charge >= 0.3 is 0 Å². The molecule has 0 amide bonds. The molecule has 2 N–H and O–H groups in total. The molecule has 14 heavy (non-hydrogen) atoms. The first-order chi connectivity index (χ1) is 6.74. The van der Waals surface area contributed by atoms with Gasteiger partial charge in [0.2, 0.25) is 0 Å². The number of rotatable bonds is 2. The van der Waals surface area contributed by atoms with Gasteiger partial charge in [0.15, 0.2) is 0 Å². The van der Waals surface area contributed by atoms with Gasteiger partial charge in [-0.1, -0.05) is 18.2 Å². The van der Waals surface area contributed by atoms with Crippen LogP contribution in [0.4, 0.5) is 0 Å². The number of nitrogens with two attached hydrogens (primary N) is 1. The van der Waals surface area contributed by atoms with Gasteiger partial charge in [-0.15, -0.1) is 0 Å². The minimum absolute atomic E-state index is 0.692. The van der Waals surface area contributed by atoms with Gasteiger partial charge in [-0.2, -0.15) is 0 Å². The molecule has 0 spiro atoms. The lowest BCUT2D eigenvalue weighted by molar-refractivity contribution is 0.732. The highest BCUT2D eigenvalue weighted by Crippen LogP contribution is 2.23. The van der Waals surface area contributed by atoms with Gasteiger partial charge in [0.25, 0.3) is 0 Å². The third kappa shape index (κ3) is 1.32. The standard InChI is InChI=1S/C12H16N2/c1-9-4-3-5-11-10(2)8-14(7-6-13)12(9)11/h3-5,8H,6-7,13H2,1-2H3. The van der Waals surface area contributed by atoms with Crippen LogP contribution in [-0.2, 0) is 6.54 Å². The van der Waals surface area contributed by atoms with E-state index in [0.717, 1.165) is 6.54 Å². The van der Waals surface area contributed by atoms with Gasteiger partial charge in [0.05, 0.1) is 5.52 Å². The van der Waals surface area contributed by atoms with E-state index in [1.54, 1.807) is 0 Å². The first-order valence-electron chi connectivity index (χ1n) is 4.99. The van der Waals surface area contributed by atoms with Crippen molar-refractivity contribution in [3.8, 4) is 0 Å². The van der Waals surface area contributed by atoms with Gasteiger partial charge in [0, 0.05) is 24.7 Å². The fourth-order valence-electron chi connectivity index (χ4n) is 2.04. The molecule has 0 aliphatic carbocycles. The van der Waals surface area contributed by atoms with Crippen molar-refractivity contribution in [1.29, 1.82) is 0 Å². The quantitative estimate of drug-likeness (QED) is 0.769. The molecule has 0 radical (unpaired) electrons. The number of fused-ring (bicyclic) bond motifs is 1. The molecule has 2 aromatic rings. The Bertz CT molecular complexity index is 455. The van der Waals surface area contributed by atoms with Crippen molar-refractivity contribution in [2.24, 2.45) is 5.73 Å². The fourth-order valence-corrected chi connectivity index (χ4v) is 2.04. The zero-order valence-corrected chi connectivity index (χ0v) is 8.75. The molecule has 0 fully saturated rings. The van der Waals surface area contributed by atoms with Crippen LogP contribution >= 0.6 is 0 Å². The van der Waals surface area contributed by atoms with E-state index in [9.17, 15) is 0 Å². The molecule has 0 aliphatic rings. The number of benzene rings is 1. The van der Waals surface area contributed by atoms with Crippen LogP contribution in [0.5, 0.6) is 0 Å². The summed E-state index contributed by atoms with van der Waals surface area (Å²) in [5.74, 6) is 0. The molecule has 0 bridgehead atoms. The molecule has 1 heterocycles. The molecule has 0 atom stereocenters. The van der Waals surface area contributed by atoms with Crippen molar-refractivity contribution in [3.05, 3.63) is 35.5 Å². The van der Waals surface area contributed by atoms with E-state index in [1.165, 1.54) is 22.0 Å². The predicted molar refractivity (Wildman–Crippen MR) is 60.5 cm³/mol. The molecule has 2 heteroatoms. The first-order valence-corrected chi connectivity index (χ1v) is 4.99. The lowest BCUT2D eigenvalue weighted by Crippen LogP contribution is -2.09. The summed E-state index contributed by atoms with van der Waals surface area (Å²) < 4.78 is 2.25. The van der Waals surface area contributed by atoms with E-state index >= 15 is 0 Å². The Hall–Kier alpha value is -1.28. The van der Waals surface area contributed by atoms with Crippen LogP contribution in [0.3, 0.4) is 0 Å². The number of hydrogen-bond acceptors (Lipinski definition) is 1. The predicted octanol–water partition coefficient (Wildman–Crippen LogP) is 2.22. The van der Waals surface area contributed by atoms with E-state index < -0.39 is 0 Å². The molecule has 2 rings (SSSR count). The summed E-state index contributed by atoms with van der Waals surface area (Å²) in [6, 6.07) is 6.43. The number of aromatic nitrogens is 1. The van der Waals surface area contributed by atoms with Crippen molar-refractivity contribution in [3.63, 3.8) is 0 Å². The Balaban J connectivity index is 2.72. The summed E-state index contributed by atoms with van der Waals surface area (Å²) in [6.45, 7) is 5.89. The van der Waals surface area contributed by atoms with E-state index in [2.05, 4.69) is 42.8 Å². The third-order valence-corrected chi connectivity index (χ3v) is 2.67. The average Bonchev–Trinajstić information content (AvgIpc) is 2.46. The summed E-state index contributed by atoms with van der Waals surface area (Å²) in [4.78, 5) is 0. The molecule has 1 aromatic heterocycles. The minimum atomic E-state index is 0.692. The highest BCUT2D eigenvalue weighted by Gasteiger charge is 2.05. The summed E-state index contributed by atoms with van der Waals surface area (Å²) in [5, 5.41) is 1.35. The zero-order chi connectivity index (χ0) is 10.1. The van der Waals surface area contributed by atoms with Crippen molar-refractivity contribution in [2.45, 2.75) is 20.4 Å². The third-order valence-electron chi connectivity index (χ3n) is 2.67. The molecule has 0 aliphatic heterocycles. The topological polar surface area (TPSA) is 30.9 Å². The van der Waals surface area contributed by atoms with Gasteiger partial charge < -0.3 is 10.3 Å². The summed E-state index contributed by atoms with van der Waals surface area (Å²) in [6.07, 6.45) is 2.19. The Labute approximate surface area is 84.3 Å². The van der Waals surface area contributed by atoms with E-state index in [1.807, 2.05) is 0 Å². The first kappa shape index (κ1) is 9.28. The molecule has 0 unspecified atom stereocenters. The molecule has 0 saturated carbocycles. The second kappa shape index (κ2) is 3.46. The molecule has 0 saturated heterocycles. The summed E-state index contributed by atoms with van der Waals surface area (Å²) in [7, 11) is 0. The monoisotopic (exact) mass is 188 g/mol. The van der Waals surface area contributed by atoms with Crippen LogP contribution < -0.4 is 5.73 Å². The summed E-state index contributed by atoms with van der Waals surface area (Å²) >= 11 is 0. The molecule has 1 aromatic carbocycles. The van der Waals surface area contributed by atoms with Crippen LogP contribution in [0.15, 0.2) is 24.4 Å². The Kier molecular flexibility index (Phi) is 2.30. The SMILES string of the molecule is Cc1cn(CCN)c2c(C)cccc12. The van der Waals surface area contributed by atoms with Gasteiger partial charge in [-0.05, 0) is 25.0 Å². The highest BCUT2D eigenvalue weighted by molar-refractivity contribution is 5.86. The van der Waals surface area contributed by atoms with E-state index in [4.69, 9.17) is 5.73 Å². The van der Waals surface area contributed by atoms with Crippen LogP contribution in [0.1, 0.15) is 11.1 Å². The lowest BCUT2D eigenvalue weighted by Gasteiger charge is -2.04. The maximum atomic E-state index is 5.59. The number of para-hydroxylation sites is 1. The second-order valence-corrected chi connectivity index (χ2v) is 3.77. The average molecular weight is 188 g/mol. The smallest absolute Gasteiger partial charge is 0.0513 e. The van der Waals surface area contributed by atoms with Crippen molar-refractivity contribution in [2.75, 3.05) is 6.54 Å². The lowest BCUT2D eigenvalue weighted by atomic mass is 10.1. The molecule has 2 nitrogen and oxygen atoms in total. The largest absolute Gasteiger partial charge is 0.346 e. The van der Waals surface area contributed by atoms with Crippen LogP contribution in [0.2, 0.25) is 0 Å². The molecular weight excluding hydrogens is 172 g/mol. The maximum Gasteiger partial charge on any atom is 0.0513 e. The zero-order valence-electron chi connectivity index (χ0n) is 8.75. The molecular formula is C12H16N2. The number of nitrogens with zero attached hydrogens (tertiary/aromatic N) is 1. The van der Waals surface area contributed by atoms with Crippen LogP contribution in [-0.4, -0.2) is 11.1 Å². The minimum Gasteiger partial charge on any atom is -0.346 e. The normalized spacial score (nSPS) is 11.1. The Morgan fingerprint density at radius 1 is 1.21 bits per heavy atom. The number of aryl methyl sites for hydroxylation is 2. The summed E-state index contributed by atoms with van der Waals surface area (Å²) in [5.41, 5.74) is 9.57. The number of hydrogen-bond donors (Lipinski definition) is 1. The Morgan fingerprint density at radius 3 is 2.71 bits per heavy atom. The fraction of sp³-hybridized carbons (Fsp3) is 0.333. The maximum absolute atomic E-state index is 5.59. The van der Waals surface area contributed by atoms with E-state index in [-0.39, 0.29) is 0 Å². The van der Waals surface area contributed by atoms with Gasteiger partial charge in [-0.25, -0.2) is 0 Å².